The van der Waals surface area contributed by atoms with Crippen LogP contribution < -0.4 is 15.4 Å². The summed E-state index contributed by atoms with van der Waals surface area (Å²) in [5, 5.41) is 16.7. The van der Waals surface area contributed by atoms with E-state index in [2.05, 4.69) is 15.6 Å². The smallest absolute Gasteiger partial charge is 0.191 e. The molecular weight excluding hydrogens is 429 g/mol. The summed E-state index contributed by atoms with van der Waals surface area (Å²) in [7, 11) is 1.62. The number of guanidine groups is 1. The lowest BCUT2D eigenvalue weighted by Gasteiger charge is -2.16. The number of halogens is 1. The average Bonchev–Trinajstić information content (AvgIpc) is 2.64. The first-order chi connectivity index (χ1) is 11.7. The second-order valence-electron chi connectivity index (χ2n) is 5.35. The Labute approximate surface area is 166 Å². The van der Waals surface area contributed by atoms with Crippen molar-refractivity contribution < 1.29 is 9.84 Å². The number of methoxy groups -OCH3 is 1. The molecule has 2 rings (SSSR count). The summed E-state index contributed by atoms with van der Waals surface area (Å²) >= 11 is 0. The Bertz CT molecular complexity index is 633. The number of benzene rings is 2. The molecule has 0 saturated carbocycles. The molecule has 0 heterocycles. The van der Waals surface area contributed by atoms with Gasteiger partial charge in [-0.3, -0.25) is 0 Å². The number of aliphatic hydroxyl groups excluding tert-OH is 1. The van der Waals surface area contributed by atoms with Crippen LogP contribution in [-0.4, -0.2) is 31.3 Å². The van der Waals surface area contributed by atoms with Crippen LogP contribution in [0.25, 0.3) is 0 Å². The molecule has 0 aliphatic carbocycles. The molecule has 0 spiro atoms. The second kappa shape index (κ2) is 11.7. The molecule has 136 valence electrons. The van der Waals surface area contributed by atoms with Crippen LogP contribution in [0.4, 0.5) is 0 Å². The molecule has 0 aliphatic heterocycles. The maximum Gasteiger partial charge on any atom is 0.191 e. The van der Waals surface area contributed by atoms with Crippen molar-refractivity contribution in [3.63, 3.8) is 0 Å². The Morgan fingerprint density at radius 3 is 2.36 bits per heavy atom. The number of nitrogens with zero attached hydrogens (tertiary/aromatic N) is 1. The van der Waals surface area contributed by atoms with Crippen LogP contribution in [0.5, 0.6) is 5.75 Å². The molecule has 0 fully saturated rings. The minimum Gasteiger partial charge on any atom is -0.497 e. The number of aliphatic hydroxyl groups is 1. The van der Waals surface area contributed by atoms with E-state index in [9.17, 15) is 5.11 Å². The highest BCUT2D eigenvalue weighted by Crippen LogP contribution is 2.16. The molecule has 2 aromatic carbocycles. The number of hydrogen-bond acceptors (Lipinski definition) is 3. The van der Waals surface area contributed by atoms with E-state index < -0.39 is 6.10 Å². The van der Waals surface area contributed by atoms with E-state index in [0.29, 0.717) is 19.0 Å². The zero-order valence-corrected chi connectivity index (χ0v) is 16.9. The predicted octanol–water partition coefficient (Wildman–Crippen LogP) is 3.10. The van der Waals surface area contributed by atoms with E-state index in [1.54, 1.807) is 7.11 Å². The Balaban J connectivity index is 0.00000312. The van der Waals surface area contributed by atoms with Gasteiger partial charge in [-0.25, -0.2) is 4.99 Å². The van der Waals surface area contributed by atoms with Gasteiger partial charge in [-0.05, 0) is 30.2 Å². The third-order valence-electron chi connectivity index (χ3n) is 3.57. The van der Waals surface area contributed by atoms with Gasteiger partial charge in [0.15, 0.2) is 5.96 Å². The molecule has 0 radical (unpaired) electrons. The highest BCUT2D eigenvalue weighted by atomic mass is 127. The van der Waals surface area contributed by atoms with Gasteiger partial charge in [0.25, 0.3) is 0 Å². The summed E-state index contributed by atoms with van der Waals surface area (Å²) < 4.78 is 5.13. The van der Waals surface area contributed by atoms with Gasteiger partial charge in [-0.2, -0.15) is 0 Å². The normalized spacial score (nSPS) is 12.0. The van der Waals surface area contributed by atoms with Crippen LogP contribution in [0.15, 0.2) is 59.6 Å². The van der Waals surface area contributed by atoms with Crippen molar-refractivity contribution in [2.75, 3.05) is 20.2 Å². The van der Waals surface area contributed by atoms with Gasteiger partial charge in [0.1, 0.15) is 5.75 Å². The van der Waals surface area contributed by atoms with Crippen molar-refractivity contribution >= 4 is 29.9 Å². The molecular formula is C19H26IN3O2. The molecule has 0 amide bonds. The fraction of sp³-hybridized carbons (Fsp3) is 0.316. The molecule has 5 nitrogen and oxygen atoms in total. The maximum absolute atomic E-state index is 10.3. The lowest BCUT2D eigenvalue weighted by Crippen LogP contribution is -2.39. The average molecular weight is 455 g/mol. The van der Waals surface area contributed by atoms with Crippen LogP contribution in [0, 0.1) is 0 Å². The minimum atomic E-state index is -0.614. The first kappa shape index (κ1) is 21.2. The number of hydrogen-bond donors (Lipinski definition) is 3. The Kier molecular flexibility index (Phi) is 9.94. The number of rotatable bonds is 7. The highest BCUT2D eigenvalue weighted by Gasteiger charge is 2.08. The van der Waals surface area contributed by atoms with E-state index in [1.165, 1.54) is 0 Å². The largest absolute Gasteiger partial charge is 0.497 e. The summed E-state index contributed by atoms with van der Waals surface area (Å²) in [4.78, 5) is 4.54. The Morgan fingerprint density at radius 2 is 1.76 bits per heavy atom. The van der Waals surface area contributed by atoms with E-state index in [-0.39, 0.29) is 24.0 Å². The van der Waals surface area contributed by atoms with Gasteiger partial charge in [0, 0.05) is 13.1 Å². The predicted molar refractivity (Wildman–Crippen MR) is 113 cm³/mol. The van der Waals surface area contributed by atoms with Gasteiger partial charge in [0.05, 0.1) is 19.8 Å². The Morgan fingerprint density at radius 1 is 1.08 bits per heavy atom. The monoisotopic (exact) mass is 455 g/mol. The number of ether oxygens (including phenoxy) is 1. The van der Waals surface area contributed by atoms with Crippen LogP contribution in [0.1, 0.15) is 24.2 Å². The summed E-state index contributed by atoms with van der Waals surface area (Å²) in [5.41, 5.74) is 1.98. The Hall–Kier alpha value is -1.80. The molecule has 0 saturated heterocycles. The molecule has 0 aliphatic rings. The quantitative estimate of drug-likeness (QED) is 0.341. The van der Waals surface area contributed by atoms with Gasteiger partial charge in [0.2, 0.25) is 0 Å². The lowest BCUT2D eigenvalue weighted by molar-refractivity contribution is 0.180. The summed E-state index contributed by atoms with van der Waals surface area (Å²) in [6, 6.07) is 17.5. The van der Waals surface area contributed by atoms with E-state index in [1.807, 2.05) is 61.5 Å². The number of aliphatic imine (C=N–C) groups is 1. The van der Waals surface area contributed by atoms with E-state index in [4.69, 9.17) is 4.74 Å². The van der Waals surface area contributed by atoms with Gasteiger partial charge in [-0.1, -0.05) is 42.5 Å². The molecule has 1 unspecified atom stereocenters. The van der Waals surface area contributed by atoms with Crippen molar-refractivity contribution in [1.82, 2.24) is 10.6 Å². The molecule has 2 aromatic rings. The van der Waals surface area contributed by atoms with Crippen LogP contribution >= 0.6 is 24.0 Å². The highest BCUT2D eigenvalue weighted by molar-refractivity contribution is 14.0. The summed E-state index contributed by atoms with van der Waals surface area (Å²) in [6.45, 7) is 3.75. The molecule has 3 N–H and O–H groups in total. The first-order valence-electron chi connectivity index (χ1n) is 8.11. The molecule has 1 atom stereocenters. The van der Waals surface area contributed by atoms with Crippen LogP contribution in [0.3, 0.4) is 0 Å². The molecule has 6 heteroatoms. The fourth-order valence-electron chi connectivity index (χ4n) is 2.23. The van der Waals surface area contributed by atoms with Crippen molar-refractivity contribution in [3.8, 4) is 5.75 Å². The maximum atomic E-state index is 10.3. The zero-order chi connectivity index (χ0) is 17.2. The second-order valence-corrected chi connectivity index (χ2v) is 5.35. The van der Waals surface area contributed by atoms with Crippen molar-refractivity contribution in [1.29, 1.82) is 0 Å². The first-order valence-corrected chi connectivity index (χ1v) is 8.11. The molecule has 0 bridgehead atoms. The third kappa shape index (κ3) is 7.31. The minimum absolute atomic E-state index is 0. The van der Waals surface area contributed by atoms with Crippen molar-refractivity contribution in [3.05, 3.63) is 65.7 Å². The molecule has 25 heavy (non-hydrogen) atoms. The SMILES string of the molecule is CCNC(=NCc1ccccc1)NCC(O)c1ccc(OC)cc1.I. The van der Waals surface area contributed by atoms with Crippen molar-refractivity contribution in [2.24, 2.45) is 4.99 Å². The van der Waals surface area contributed by atoms with Gasteiger partial charge >= 0.3 is 0 Å². The zero-order valence-electron chi connectivity index (χ0n) is 14.6. The number of nitrogens with one attached hydrogen (secondary N) is 2. The summed E-state index contributed by atoms with van der Waals surface area (Å²) in [5.74, 6) is 1.46. The van der Waals surface area contributed by atoms with E-state index >= 15 is 0 Å². The fourth-order valence-corrected chi connectivity index (χ4v) is 2.23. The van der Waals surface area contributed by atoms with Crippen LogP contribution in [-0.2, 0) is 6.54 Å². The summed E-state index contributed by atoms with van der Waals surface area (Å²) in [6.07, 6.45) is -0.614. The standard InChI is InChI=1S/C19H25N3O2.HI/c1-3-20-19(21-13-15-7-5-4-6-8-15)22-14-18(23)16-9-11-17(24-2)12-10-16;/h4-12,18,23H,3,13-14H2,1-2H3,(H2,20,21,22);1H. The van der Waals surface area contributed by atoms with Gasteiger partial charge < -0.3 is 20.5 Å². The van der Waals surface area contributed by atoms with Gasteiger partial charge in [-0.15, -0.1) is 24.0 Å². The molecule has 0 aromatic heterocycles. The van der Waals surface area contributed by atoms with Crippen LogP contribution in [0.2, 0.25) is 0 Å². The van der Waals surface area contributed by atoms with Crippen molar-refractivity contribution in [2.45, 2.75) is 19.6 Å². The third-order valence-corrected chi connectivity index (χ3v) is 3.57. The van der Waals surface area contributed by atoms with E-state index in [0.717, 1.165) is 23.4 Å². The topological polar surface area (TPSA) is 65.9 Å². The lowest BCUT2D eigenvalue weighted by atomic mass is 10.1.